The van der Waals surface area contributed by atoms with Crippen LogP contribution in [0, 0.1) is 0 Å². The zero-order valence-electron chi connectivity index (χ0n) is 14.7. The van der Waals surface area contributed by atoms with Crippen molar-refractivity contribution >= 4 is 5.97 Å². The molecule has 0 aliphatic rings. The summed E-state index contributed by atoms with van der Waals surface area (Å²) in [5, 5.41) is 20.9. The zero-order chi connectivity index (χ0) is 19.1. The van der Waals surface area contributed by atoms with Gasteiger partial charge in [0.15, 0.2) is 0 Å². The summed E-state index contributed by atoms with van der Waals surface area (Å²) in [4.78, 5) is 12.0. The molecule has 0 saturated carbocycles. The summed E-state index contributed by atoms with van der Waals surface area (Å²) in [7, 11) is 0. The van der Waals surface area contributed by atoms with Gasteiger partial charge in [-0.25, -0.2) is 0 Å². The van der Waals surface area contributed by atoms with E-state index in [1.165, 1.54) is 4.80 Å². The normalized spacial score (nSPS) is 12.0. The summed E-state index contributed by atoms with van der Waals surface area (Å²) in [6.07, 6.45) is -0.144. The minimum atomic E-state index is -0.951. The van der Waals surface area contributed by atoms with Gasteiger partial charge in [-0.15, -0.1) is 10.2 Å². The van der Waals surface area contributed by atoms with Crippen LogP contribution in [0.1, 0.15) is 17.5 Å². The molecule has 3 N–H and O–H groups in total. The van der Waals surface area contributed by atoms with Crippen molar-refractivity contribution in [1.82, 2.24) is 20.2 Å². The van der Waals surface area contributed by atoms with Crippen LogP contribution in [0.2, 0.25) is 0 Å². The van der Waals surface area contributed by atoms with Crippen LogP contribution in [0.3, 0.4) is 0 Å². The van der Waals surface area contributed by atoms with Gasteiger partial charge in [0, 0.05) is 11.6 Å². The largest absolute Gasteiger partial charge is 0.481 e. The second kappa shape index (κ2) is 9.02. The van der Waals surface area contributed by atoms with Crippen molar-refractivity contribution in [3.05, 3.63) is 65.7 Å². The van der Waals surface area contributed by atoms with E-state index in [1.54, 1.807) is 0 Å². The number of carboxylic acid groups (broad SMARTS) is 1. The molecule has 27 heavy (non-hydrogen) atoms. The predicted octanol–water partition coefficient (Wildman–Crippen LogP) is 1.86. The molecule has 3 rings (SSSR count). The zero-order valence-corrected chi connectivity index (χ0v) is 14.7. The summed E-state index contributed by atoms with van der Waals surface area (Å²) in [5.41, 5.74) is 8.74. The maximum atomic E-state index is 10.7. The fourth-order valence-corrected chi connectivity index (χ4v) is 2.55. The lowest BCUT2D eigenvalue weighted by Gasteiger charge is -2.06. The molecule has 0 amide bonds. The third-order valence-electron chi connectivity index (χ3n) is 3.88. The predicted molar refractivity (Wildman–Crippen MR) is 98.4 cm³/mol. The van der Waals surface area contributed by atoms with Crippen LogP contribution in [0.25, 0.3) is 11.4 Å². The molecule has 2 aromatic carbocycles. The maximum absolute atomic E-state index is 10.7. The van der Waals surface area contributed by atoms with Crippen LogP contribution in [-0.2, 0) is 29.3 Å². The number of tetrazole rings is 1. The Morgan fingerprint density at radius 2 is 1.74 bits per heavy atom. The highest BCUT2D eigenvalue weighted by atomic mass is 16.5. The molecule has 1 aromatic heterocycles. The highest BCUT2D eigenvalue weighted by Crippen LogP contribution is 2.15. The summed E-state index contributed by atoms with van der Waals surface area (Å²) in [6.45, 7) is 1.28. The second-order valence-corrected chi connectivity index (χ2v) is 6.20. The lowest BCUT2D eigenvalue weighted by atomic mass is 10.1. The standard InChI is InChI=1S/C19H21N5O3/c20-17(10-18(25)26)11-24-22-19(21-23-24)16-8-6-15(7-9-16)13-27-12-14-4-2-1-3-5-14/h1-9,17H,10-13,20H2,(H,25,26)/t17-/m0/s1. The van der Waals surface area contributed by atoms with E-state index in [0.29, 0.717) is 19.0 Å². The molecule has 0 aliphatic carbocycles. The number of ether oxygens (including phenoxy) is 1. The first-order chi connectivity index (χ1) is 13.1. The number of carbonyl (C=O) groups is 1. The lowest BCUT2D eigenvalue weighted by Crippen LogP contribution is -2.30. The molecule has 1 atom stereocenters. The van der Waals surface area contributed by atoms with Crippen molar-refractivity contribution in [1.29, 1.82) is 0 Å². The van der Waals surface area contributed by atoms with Crippen LogP contribution >= 0.6 is 0 Å². The van der Waals surface area contributed by atoms with Crippen molar-refractivity contribution in [3.63, 3.8) is 0 Å². The number of aliphatic carboxylic acids is 1. The number of benzene rings is 2. The number of nitrogens with zero attached hydrogens (tertiary/aromatic N) is 4. The van der Waals surface area contributed by atoms with Gasteiger partial charge in [-0.1, -0.05) is 54.6 Å². The average Bonchev–Trinajstić information content (AvgIpc) is 3.11. The number of hydrogen-bond acceptors (Lipinski definition) is 6. The molecular formula is C19H21N5O3. The molecule has 1 heterocycles. The molecule has 0 spiro atoms. The molecule has 0 aliphatic heterocycles. The van der Waals surface area contributed by atoms with Crippen LogP contribution in [-0.4, -0.2) is 37.3 Å². The maximum Gasteiger partial charge on any atom is 0.304 e. The van der Waals surface area contributed by atoms with Gasteiger partial charge in [0.2, 0.25) is 5.82 Å². The first kappa shape index (κ1) is 18.7. The fraction of sp³-hybridized carbons (Fsp3) is 0.263. The van der Waals surface area contributed by atoms with Gasteiger partial charge in [0.05, 0.1) is 26.2 Å². The van der Waals surface area contributed by atoms with Crippen LogP contribution in [0.5, 0.6) is 0 Å². The van der Waals surface area contributed by atoms with E-state index in [0.717, 1.165) is 16.7 Å². The fourth-order valence-electron chi connectivity index (χ4n) is 2.55. The minimum Gasteiger partial charge on any atom is -0.481 e. The molecule has 8 nitrogen and oxygen atoms in total. The lowest BCUT2D eigenvalue weighted by molar-refractivity contribution is -0.137. The van der Waals surface area contributed by atoms with Crippen molar-refractivity contribution in [3.8, 4) is 11.4 Å². The van der Waals surface area contributed by atoms with Gasteiger partial charge in [-0.3, -0.25) is 4.79 Å². The van der Waals surface area contributed by atoms with Gasteiger partial charge in [-0.05, 0) is 16.3 Å². The smallest absolute Gasteiger partial charge is 0.304 e. The Balaban J connectivity index is 1.53. The highest BCUT2D eigenvalue weighted by molar-refractivity contribution is 5.67. The molecule has 0 bridgehead atoms. The van der Waals surface area contributed by atoms with Crippen LogP contribution in [0.15, 0.2) is 54.6 Å². The number of hydrogen-bond donors (Lipinski definition) is 2. The van der Waals surface area contributed by atoms with E-state index >= 15 is 0 Å². The average molecular weight is 367 g/mol. The van der Waals surface area contributed by atoms with E-state index in [-0.39, 0.29) is 13.0 Å². The SMILES string of the molecule is N[C@@H](CC(=O)O)Cn1nnc(-c2ccc(COCc3ccccc3)cc2)n1. The summed E-state index contributed by atoms with van der Waals surface area (Å²) >= 11 is 0. The van der Waals surface area contributed by atoms with Gasteiger partial charge in [0.25, 0.3) is 0 Å². The van der Waals surface area contributed by atoms with Crippen molar-refractivity contribution < 1.29 is 14.6 Å². The van der Waals surface area contributed by atoms with Crippen molar-refractivity contribution in [2.24, 2.45) is 5.73 Å². The van der Waals surface area contributed by atoms with Gasteiger partial charge in [0.1, 0.15) is 0 Å². The number of nitrogens with two attached hydrogens (primary N) is 1. The molecule has 0 radical (unpaired) electrons. The highest BCUT2D eigenvalue weighted by Gasteiger charge is 2.12. The second-order valence-electron chi connectivity index (χ2n) is 6.20. The first-order valence-electron chi connectivity index (χ1n) is 8.56. The number of aromatic nitrogens is 4. The third-order valence-corrected chi connectivity index (χ3v) is 3.88. The molecule has 3 aromatic rings. The molecule has 0 fully saturated rings. The third kappa shape index (κ3) is 5.70. The molecule has 0 unspecified atom stereocenters. The molecule has 8 heteroatoms. The summed E-state index contributed by atoms with van der Waals surface area (Å²) in [5.74, 6) is -0.484. The van der Waals surface area contributed by atoms with E-state index < -0.39 is 12.0 Å². The molecule has 0 saturated heterocycles. The van der Waals surface area contributed by atoms with Gasteiger partial charge >= 0.3 is 5.97 Å². The van der Waals surface area contributed by atoms with Gasteiger partial charge < -0.3 is 15.6 Å². The Labute approximate surface area is 156 Å². The molecule has 140 valence electrons. The van der Waals surface area contributed by atoms with E-state index in [1.807, 2.05) is 54.6 Å². The quantitative estimate of drug-likeness (QED) is 0.593. The van der Waals surface area contributed by atoms with Crippen LogP contribution in [0.4, 0.5) is 0 Å². The van der Waals surface area contributed by atoms with E-state index in [4.69, 9.17) is 15.6 Å². The summed E-state index contributed by atoms with van der Waals surface area (Å²) in [6, 6.07) is 17.2. The van der Waals surface area contributed by atoms with E-state index in [9.17, 15) is 4.79 Å². The Morgan fingerprint density at radius 3 is 2.41 bits per heavy atom. The van der Waals surface area contributed by atoms with Gasteiger partial charge in [-0.2, -0.15) is 4.80 Å². The number of rotatable bonds is 9. The van der Waals surface area contributed by atoms with Crippen molar-refractivity contribution in [2.45, 2.75) is 32.2 Å². The first-order valence-corrected chi connectivity index (χ1v) is 8.56. The topological polar surface area (TPSA) is 116 Å². The Kier molecular flexibility index (Phi) is 6.24. The van der Waals surface area contributed by atoms with Crippen LogP contribution < -0.4 is 5.73 Å². The Bertz CT molecular complexity index is 865. The number of carboxylic acids is 1. The van der Waals surface area contributed by atoms with E-state index in [2.05, 4.69) is 15.4 Å². The monoisotopic (exact) mass is 367 g/mol. The Hall–Kier alpha value is -3.10. The molecular weight excluding hydrogens is 346 g/mol. The minimum absolute atomic E-state index is 0.144. The van der Waals surface area contributed by atoms with Crippen molar-refractivity contribution in [2.75, 3.05) is 0 Å². The summed E-state index contributed by atoms with van der Waals surface area (Å²) < 4.78 is 5.72. The Morgan fingerprint density at radius 1 is 1.07 bits per heavy atom.